The van der Waals surface area contributed by atoms with Crippen LogP contribution in [-0.4, -0.2) is 16.7 Å². The summed E-state index contributed by atoms with van der Waals surface area (Å²) < 4.78 is 1.28. The molecule has 1 aromatic carbocycles. The van der Waals surface area contributed by atoms with E-state index in [0.717, 1.165) is 0 Å². The van der Waals surface area contributed by atoms with Crippen LogP contribution in [0.25, 0.3) is 0 Å². The highest BCUT2D eigenvalue weighted by Gasteiger charge is 2.03. The molecule has 0 aliphatic carbocycles. The summed E-state index contributed by atoms with van der Waals surface area (Å²) in [7, 11) is 0. The third-order valence-electron chi connectivity index (χ3n) is 2.59. The second kappa shape index (κ2) is 7.06. The zero-order chi connectivity index (χ0) is 15.2. The number of carbonyl (C=O) groups excluding carboxylic acids is 1. The third kappa shape index (κ3) is 4.18. The molecule has 1 N–H and O–H groups in total. The summed E-state index contributed by atoms with van der Waals surface area (Å²) in [6, 6.07) is 9.75. The summed E-state index contributed by atoms with van der Waals surface area (Å²) in [6.45, 7) is -0.111. The fourth-order valence-corrected chi connectivity index (χ4v) is 1.93. The molecule has 0 saturated heterocycles. The summed E-state index contributed by atoms with van der Waals surface area (Å²) >= 11 is 11.8. The molecule has 2 rings (SSSR count). The number of hydrogen-bond acceptors (Lipinski definition) is 3. The van der Waals surface area contributed by atoms with E-state index in [4.69, 9.17) is 23.2 Å². The number of nitrogens with zero attached hydrogens (tertiary/aromatic N) is 2. The van der Waals surface area contributed by atoms with Crippen molar-refractivity contribution in [3.63, 3.8) is 0 Å². The van der Waals surface area contributed by atoms with Crippen LogP contribution in [0.2, 0.25) is 10.0 Å². The zero-order valence-electron chi connectivity index (χ0n) is 10.8. The molecule has 0 aliphatic rings. The van der Waals surface area contributed by atoms with Crippen molar-refractivity contribution >= 4 is 35.3 Å². The van der Waals surface area contributed by atoms with Crippen LogP contribution in [0.15, 0.2) is 52.5 Å². The van der Waals surface area contributed by atoms with Gasteiger partial charge in [0.15, 0.2) is 0 Å². The maximum Gasteiger partial charge on any atom is 0.260 e. The van der Waals surface area contributed by atoms with Crippen LogP contribution >= 0.6 is 23.2 Å². The van der Waals surface area contributed by atoms with Gasteiger partial charge in [-0.1, -0.05) is 41.4 Å². The van der Waals surface area contributed by atoms with E-state index < -0.39 is 5.91 Å². The van der Waals surface area contributed by atoms with Gasteiger partial charge in [-0.2, -0.15) is 5.10 Å². The Morgan fingerprint density at radius 3 is 2.81 bits per heavy atom. The van der Waals surface area contributed by atoms with Crippen LogP contribution in [0, 0.1) is 0 Å². The average molecular weight is 324 g/mol. The molecule has 1 amide bonds. The first kappa shape index (κ1) is 15.3. The number of rotatable bonds is 4. The maximum atomic E-state index is 11.7. The van der Waals surface area contributed by atoms with Crippen LogP contribution in [0.4, 0.5) is 0 Å². The predicted molar refractivity (Wildman–Crippen MR) is 82.9 cm³/mol. The molecule has 0 saturated carbocycles. The van der Waals surface area contributed by atoms with Crippen molar-refractivity contribution in [1.29, 1.82) is 0 Å². The number of carbonyl (C=O) groups is 1. The Bertz CT molecular complexity index is 741. The first-order valence-electron chi connectivity index (χ1n) is 5.99. The minimum atomic E-state index is -0.419. The summed E-state index contributed by atoms with van der Waals surface area (Å²) in [5.74, 6) is -0.419. The van der Waals surface area contributed by atoms with E-state index in [9.17, 15) is 9.59 Å². The molecule has 0 bridgehead atoms. The van der Waals surface area contributed by atoms with Gasteiger partial charge in [-0.15, -0.1) is 0 Å². The smallest absolute Gasteiger partial charge is 0.260 e. The van der Waals surface area contributed by atoms with Crippen molar-refractivity contribution in [2.45, 2.75) is 6.54 Å². The molecule has 0 fully saturated rings. The molecule has 0 atom stereocenters. The van der Waals surface area contributed by atoms with Crippen LogP contribution in [0.3, 0.4) is 0 Å². The first-order valence-corrected chi connectivity index (χ1v) is 6.75. The number of hydrazone groups is 1. The lowest BCUT2D eigenvalue weighted by Gasteiger charge is -2.03. The monoisotopic (exact) mass is 323 g/mol. The van der Waals surface area contributed by atoms with E-state index in [0.29, 0.717) is 15.6 Å². The van der Waals surface area contributed by atoms with Crippen molar-refractivity contribution in [3.8, 4) is 0 Å². The number of nitrogens with one attached hydrogen (secondary N) is 1. The van der Waals surface area contributed by atoms with Gasteiger partial charge in [0, 0.05) is 17.8 Å². The van der Waals surface area contributed by atoms with Gasteiger partial charge < -0.3 is 4.57 Å². The quantitative estimate of drug-likeness (QED) is 0.693. The van der Waals surface area contributed by atoms with Gasteiger partial charge in [-0.3, -0.25) is 9.59 Å². The van der Waals surface area contributed by atoms with Crippen LogP contribution in [0.5, 0.6) is 0 Å². The minimum Gasteiger partial charge on any atom is -0.306 e. The molecule has 0 radical (unpaired) electrons. The second-order valence-electron chi connectivity index (χ2n) is 4.10. The highest BCUT2D eigenvalue weighted by molar-refractivity contribution is 6.43. The van der Waals surface area contributed by atoms with Gasteiger partial charge in [0.1, 0.15) is 6.54 Å². The molecule has 0 unspecified atom stereocenters. The van der Waals surface area contributed by atoms with Crippen LogP contribution < -0.4 is 11.0 Å². The van der Waals surface area contributed by atoms with Crippen LogP contribution in [-0.2, 0) is 11.3 Å². The normalized spacial score (nSPS) is 10.8. The van der Waals surface area contributed by atoms with Crippen molar-refractivity contribution in [2.24, 2.45) is 5.10 Å². The fraction of sp³-hybridized carbons (Fsp3) is 0.0714. The standard InChI is InChI=1S/C14H11Cl2N3O2/c15-11-5-3-4-10(14(11)16)8-17-18-12(20)9-19-7-2-1-6-13(19)21/h1-8H,9H2,(H,18,20)/b17-8-. The van der Waals surface area contributed by atoms with Gasteiger partial charge in [0.05, 0.1) is 16.3 Å². The lowest BCUT2D eigenvalue weighted by molar-refractivity contribution is -0.121. The highest BCUT2D eigenvalue weighted by Crippen LogP contribution is 2.23. The largest absolute Gasteiger partial charge is 0.306 e. The summed E-state index contributed by atoms with van der Waals surface area (Å²) in [6.07, 6.45) is 2.92. The first-order chi connectivity index (χ1) is 10.1. The van der Waals surface area contributed by atoms with E-state index >= 15 is 0 Å². The summed E-state index contributed by atoms with van der Waals surface area (Å²) in [5.41, 5.74) is 2.65. The maximum absolute atomic E-state index is 11.7. The Balaban J connectivity index is 1.98. The lowest BCUT2D eigenvalue weighted by Crippen LogP contribution is -2.28. The van der Waals surface area contributed by atoms with Gasteiger partial charge in [-0.05, 0) is 12.1 Å². The molecule has 0 spiro atoms. The van der Waals surface area contributed by atoms with E-state index in [1.165, 1.54) is 23.0 Å². The number of hydrogen-bond donors (Lipinski definition) is 1. The van der Waals surface area contributed by atoms with Crippen molar-refractivity contribution < 1.29 is 4.79 Å². The molecule has 21 heavy (non-hydrogen) atoms. The number of aromatic nitrogens is 1. The zero-order valence-corrected chi connectivity index (χ0v) is 12.3. The average Bonchev–Trinajstić information content (AvgIpc) is 2.46. The number of benzene rings is 1. The topological polar surface area (TPSA) is 63.5 Å². The highest BCUT2D eigenvalue weighted by atomic mass is 35.5. The third-order valence-corrected chi connectivity index (χ3v) is 3.42. The molecule has 0 aliphatic heterocycles. The van der Waals surface area contributed by atoms with E-state index in [1.54, 1.807) is 30.3 Å². The Labute approximate surface area is 130 Å². The number of halogens is 2. The molecule has 7 heteroatoms. The van der Waals surface area contributed by atoms with Crippen molar-refractivity contribution in [2.75, 3.05) is 0 Å². The summed E-state index contributed by atoms with van der Waals surface area (Å²) in [4.78, 5) is 23.1. The van der Waals surface area contributed by atoms with E-state index in [2.05, 4.69) is 10.5 Å². The molecule has 5 nitrogen and oxygen atoms in total. The number of pyridine rings is 1. The Kier molecular flexibility index (Phi) is 5.14. The second-order valence-corrected chi connectivity index (χ2v) is 4.89. The minimum absolute atomic E-state index is 0.111. The number of amides is 1. The summed E-state index contributed by atoms with van der Waals surface area (Å²) in [5, 5.41) is 4.55. The van der Waals surface area contributed by atoms with Crippen molar-refractivity contribution in [1.82, 2.24) is 9.99 Å². The molecule has 108 valence electrons. The predicted octanol–water partition coefficient (Wildman–Crippen LogP) is 2.31. The molecule has 1 heterocycles. The van der Waals surface area contributed by atoms with Crippen LogP contribution in [0.1, 0.15) is 5.56 Å². The molecular weight excluding hydrogens is 313 g/mol. The van der Waals surface area contributed by atoms with Gasteiger partial charge in [0.2, 0.25) is 0 Å². The van der Waals surface area contributed by atoms with Gasteiger partial charge in [-0.25, -0.2) is 5.43 Å². The Morgan fingerprint density at radius 1 is 1.24 bits per heavy atom. The van der Waals surface area contributed by atoms with Crippen molar-refractivity contribution in [3.05, 3.63) is 68.6 Å². The molecule has 1 aromatic heterocycles. The Hall–Kier alpha value is -2.11. The Morgan fingerprint density at radius 2 is 2.05 bits per heavy atom. The molecule has 2 aromatic rings. The van der Waals surface area contributed by atoms with E-state index in [-0.39, 0.29) is 12.1 Å². The SMILES string of the molecule is O=C(Cn1ccccc1=O)N/N=C\c1cccc(Cl)c1Cl. The molecular formula is C14H11Cl2N3O2. The van der Waals surface area contributed by atoms with E-state index in [1.807, 2.05) is 0 Å². The van der Waals surface area contributed by atoms with Gasteiger partial charge in [0.25, 0.3) is 11.5 Å². The lowest BCUT2D eigenvalue weighted by atomic mass is 10.2. The fourth-order valence-electron chi connectivity index (χ4n) is 1.58. The van der Waals surface area contributed by atoms with Gasteiger partial charge >= 0.3 is 0 Å².